The van der Waals surface area contributed by atoms with Crippen LogP contribution in [-0.4, -0.2) is 6.71 Å². The van der Waals surface area contributed by atoms with Crippen molar-refractivity contribution in [2.75, 3.05) is 9.80 Å². The molecular weight excluding hydrogens is 808 g/mol. The van der Waals surface area contributed by atoms with Gasteiger partial charge in [0, 0.05) is 34.1 Å². The smallest absolute Gasteiger partial charge is 0.252 e. The highest BCUT2D eigenvalue weighted by Crippen LogP contribution is 2.50. The Morgan fingerprint density at radius 3 is 1.10 bits per heavy atom. The fourth-order valence-electron chi connectivity index (χ4n) is 14.0. The second-order valence-electron chi connectivity index (χ2n) is 19.7. The normalized spacial score (nSPS) is 14.7. The van der Waals surface area contributed by atoms with Crippen LogP contribution in [0.25, 0.3) is 64.6 Å². The summed E-state index contributed by atoms with van der Waals surface area (Å²) >= 11 is 0. The van der Waals surface area contributed by atoms with Crippen LogP contribution in [0.5, 0.6) is 0 Å². The van der Waals surface area contributed by atoms with Crippen LogP contribution in [0.1, 0.15) is 60.1 Å². The average Bonchev–Trinajstić information content (AvgIpc) is 4.07. The minimum atomic E-state index is 0.117. The van der Waals surface area contributed by atoms with Gasteiger partial charge < -0.3 is 9.80 Å². The molecule has 4 aliphatic rings. The van der Waals surface area contributed by atoms with Crippen LogP contribution >= 0.6 is 0 Å². The molecule has 15 rings (SSSR count). The number of aryl methyl sites for hydroxylation is 2. The Morgan fingerprint density at radius 1 is 0.373 bits per heavy atom. The van der Waals surface area contributed by atoms with Crippen molar-refractivity contribution < 1.29 is 0 Å². The van der Waals surface area contributed by atoms with Gasteiger partial charge in [0.15, 0.2) is 0 Å². The molecule has 0 bridgehead atoms. The molecule has 2 nitrogen and oxygen atoms in total. The summed E-state index contributed by atoms with van der Waals surface area (Å²) in [5.41, 5.74) is 21.7. The van der Waals surface area contributed by atoms with Crippen molar-refractivity contribution in [1.82, 2.24) is 0 Å². The summed E-state index contributed by atoms with van der Waals surface area (Å²) in [6.45, 7) is 4.93. The molecule has 11 aromatic carbocycles. The largest absolute Gasteiger partial charge is 0.311 e. The highest BCUT2D eigenvalue weighted by atomic mass is 15.2. The summed E-state index contributed by atoms with van der Waals surface area (Å²) in [7, 11) is 0. The summed E-state index contributed by atoms with van der Waals surface area (Å²) in [6, 6.07) is 63.4. The van der Waals surface area contributed by atoms with E-state index in [1.54, 1.807) is 33.4 Å². The second kappa shape index (κ2) is 14.1. The van der Waals surface area contributed by atoms with E-state index < -0.39 is 0 Å². The number of hydrogen-bond donors (Lipinski definition) is 0. The zero-order chi connectivity index (χ0) is 44.1. The molecule has 67 heavy (non-hydrogen) atoms. The maximum absolute atomic E-state index is 2.71. The fourth-order valence-corrected chi connectivity index (χ4v) is 14.0. The van der Waals surface area contributed by atoms with E-state index >= 15 is 0 Å². The van der Waals surface area contributed by atoms with Crippen molar-refractivity contribution in [2.45, 2.75) is 65.2 Å². The molecular formula is C64H49BN2. The third kappa shape index (κ3) is 5.07. The Morgan fingerprint density at radius 2 is 0.731 bits per heavy atom. The molecule has 0 saturated carbocycles. The summed E-state index contributed by atoms with van der Waals surface area (Å²) < 4.78 is 0. The molecule has 0 unspecified atom stereocenters. The van der Waals surface area contributed by atoms with Crippen LogP contribution in [0.3, 0.4) is 0 Å². The number of anilines is 6. The molecule has 0 radical (unpaired) electrons. The van der Waals surface area contributed by atoms with Crippen molar-refractivity contribution in [1.29, 1.82) is 0 Å². The van der Waals surface area contributed by atoms with Crippen LogP contribution in [-0.2, 0) is 38.5 Å². The number of rotatable bonds is 4. The third-order valence-electron chi connectivity index (χ3n) is 16.6. The zero-order valence-electron chi connectivity index (χ0n) is 38.2. The fraction of sp³-hybridized carbons (Fsp3) is 0.156. The molecule has 2 heterocycles. The SMILES string of the molecule is CCc1c2c(cc3c1N(c1ccc4c5ccccc5c5ccccc5c4c1)c1cccc4c1B3c1cc3c(c(CC)c1N4c1ccc4c5ccccc5c5ccccc5c4c1)CCC3)CCC2. The van der Waals surface area contributed by atoms with E-state index in [-0.39, 0.29) is 6.71 Å². The van der Waals surface area contributed by atoms with Crippen molar-refractivity contribution in [3.05, 3.63) is 197 Å². The van der Waals surface area contributed by atoms with Crippen molar-refractivity contribution in [3.8, 4) is 0 Å². The lowest BCUT2D eigenvalue weighted by molar-refractivity contribution is 0.905. The molecule has 0 N–H and O–H groups in total. The molecule has 0 fully saturated rings. The van der Waals surface area contributed by atoms with Gasteiger partial charge in [-0.15, -0.1) is 0 Å². The summed E-state index contributed by atoms with van der Waals surface area (Å²) in [5, 5.41) is 15.8. The van der Waals surface area contributed by atoms with E-state index in [2.05, 4.69) is 187 Å². The third-order valence-corrected chi connectivity index (χ3v) is 16.6. The predicted molar refractivity (Wildman–Crippen MR) is 288 cm³/mol. The first-order valence-corrected chi connectivity index (χ1v) is 24.9. The molecule has 0 aromatic heterocycles. The van der Waals surface area contributed by atoms with Crippen molar-refractivity contribution >= 4 is 122 Å². The van der Waals surface area contributed by atoms with Gasteiger partial charge >= 0.3 is 0 Å². The number of hydrogen-bond acceptors (Lipinski definition) is 2. The Kier molecular flexibility index (Phi) is 7.95. The van der Waals surface area contributed by atoms with Gasteiger partial charge in [-0.2, -0.15) is 0 Å². The van der Waals surface area contributed by atoms with E-state index in [4.69, 9.17) is 0 Å². The monoisotopic (exact) mass is 856 g/mol. The maximum Gasteiger partial charge on any atom is 0.252 e. The number of benzene rings is 11. The molecule has 3 heteroatoms. The Bertz CT molecular complexity index is 3670. The minimum Gasteiger partial charge on any atom is -0.311 e. The van der Waals surface area contributed by atoms with Crippen LogP contribution in [0.4, 0.5) is 34.1 Å². The second-order valence-corrected chi connectivity index (χ2v) is 19.7. The van der Waals surface area contributed by atoms with Gasteiger partial charge in [0.1, 0.15) is 0 Å². The standard InChI is InChI=1S/C64H49BN2/c1-3-42-44-26-13-16-38(44)34-58-63(42)66(40-30-32-54-50-22-7-5-18-46(50)48-20-9-11-24-52(48)56(54)36-40)60-28-15-29-61-62(60)65(58)59-35-39-17-14-27-45(39)43(4-2)64(59)67(61)41-31-33-55-51-23-8-6-19-47(51)49-21-10-12-25-53(49)57(55)37-41/h5-12,15,18-25,28-37H,3-4,13-14,16-17,26-27H2,1-2H3. The van der Waals surface area contributed by atoms with Gasteiger partial charge in [0.05, 0.1) is 0 Å². The topological polar surface area (TPSA) is 6.48 Å². The lowest BCUT2D eigenvalue weighted by Gasteiger charge is -2.46. The van der Waals surface area contributed by atoms with Crippen LogP contribution < -0.4 is 26.2 Å². The Hall–Kier alpha value is -7.36. The number of fused-ring (bicyclic) bond motifs is 18. The van der Waals surface area contributed by atoms with E-state index in [0.717, 1.165) is 38.5 Å². The van der Waals surface area contributed by atoms with Gasteiger partial charge in [-0.05, 0) is 202 Å². The zero-order valence-corrected chi connectivity index (χ0v) is 38.2. The van der Waals surface area contributed by atoms with E-state index in [0.29, 0.717) is 0 Å². The van der Waals surface area contributed by atoms with Crippen LogP contribution in [0.15, 0.2) is 164 Å². The van der Waals surface area contributed by atoms with Gasteiger partial charge in [0.25, 0.3) is 6.71 Å². The molecule has 11 aromatic rings. The Balaban J connectivity index is 1.05. The Labute approximate surface area is 392 Å². The molecule has 0 amide bonds. The first-order chi connectivity index (χ1) is 33.2. The van der Waals surface area contributed by atoms with E-state index in [1.165, 1.54) is 128 Å². The first-order valence-electron chi connectivity index (χ1n) is 24.9. The molecule has 2 aliphatic heterocycles. The van der Waals surface area contributed by atoms with Gasteiger partial charge in [-0.3, -0.25) is 0 Å². The quantitative estimate of drug-likeness (QED) is 0.129. The summed E-state index contributed by atoms with van der Waals surface area (Å²) in [6.07, 6.45) is 9.12. The lowest BCUT2D eigenvalue weighted by atomic mass is 9.33. The molecule has 0 saturated heterocycles. The van der Waals surface area contributed by atoms with Gasteiger partial charge in [0.2, 0.25) is 0 Å². The van der Waals surface area contributed by atoms with Crippen molar-refractivity contribution in [2.24, 2.45) is 0 Å². The average molecular weight is 857 g/mol. The van der Waals surface area contributed by atoms with Crippen molar-refractivity contribution in [3.63, 3.8) is 0 Å². The van der Waals surface area contributed by atoms with Gasteiger partial charge in [-0.1, -0.05) is 141 Å². The molecule has 2 aliphatic carbocycles. The molecule has 0 spiro atoms. The molecule has 0 atom stereocenters. The lowest BCUT2D eigenvalue weighted by Crippen LogP contribution is -2.62. The predicted octanol–water partition coefficient (Wildman–Crippen LogP) is 14.8. The number of nitrogens with zero attached hydrogens (tertiary/aromatic N) is 2. The minimum absolute atomic E-state index is 0.117. The maximum atomic E-state index is 2.71. The summed E-state index contributed by atoms with van der Waals surface area (Å²) in [4.78, 5) is 5.42. The van der Waals surface area contributed by atoms with Crippen LogP contribution in [0.2, 0.25) is 0 Å². The highest BCUT2D eigenvalue weighted by Gasteiger charge is 2.46. The first kappa shape index (κ1) is 37.8. The highest BCUT2D eigenvalue weighted by molar-refractivity contribution is 7.00. The molecule has 318 valence electrons. The van der Waals surface area contributed by atoms with E-state index in [1.807, 2.05) is 0 Å². The van der Waals surface area contributed by atoms with Crippen LogP contribution in [0, 0.1) is 0 Å². The summed E-state index contributed by atoms with van der Waals surface area (Å²) in [5.74, 6) is 0. The van der Waals surface area contributed by atoms with E-state index in [9.17, 15) is 0 Å². The van der Waals surface area contributed by atoms with Gasteiger partial charge in [-0.25, -0.2) is 0 Å².